The van der Waals surface area contributed by atoms with E-state index >= 15 is 0 Å². The van der Waals surface area contributed by atoms with Gasteiger partial charge in [0.1, 0.15) is 0 Å². The van der Waals surface area contributed by atoms with Gasteiger partial charge < -0.3 is 5.32 Å². The summed E-state index contributed by atoms with van der Waals surface area (Å²) < 4.78 is 0. The van der Waals surface area contributed by atoms with Gasteiger partial charge in [0.15, 0.2) is 0 Å². The Morgan fingerprint density at radius 2 is 2.22 bits per heavy atom. The van der Waals surface area contributed by atoms with Crippen molar-refractivity contribution < 1.29 is 9.63 Å². The molecular weight excluding hydrogens is 228 g/mol. The number of rotatable bonds is 3. The van der Waals surface area contributed by atoms with Gasteiger partial charge in [-0.2, -0.15) is 0 Å². The van der Waals surface area contributed by atoms with Crippen LogP contribution in [-0.4, -0.2) is 18.3 Å². The van der Waals surface area contributed by atoms with Gasteiger partial charge in [-0.05, 0) is 37.0 Å². The lowest BCUT2D eigenvalue weighted by Gasteiger charge is -2.34. The number of hydrogen-bond donors (Lipinski definition) is 1. The van der Waals surface area contributed by atoms with E-state index in [1.807, 2.05) is 6.92 Å². The van der Waals surface area contributed by atoms with E-state index in [2.05, 4.69) is 31.2 Å². The molecule has 2 atom stereocenters. The molecule has 0 saturated heterocycles. The maximum Gasteiger partial charge on any atom is 0.433 e. The van der Waals surface area contributed by atoms with Crippen LogP contribution < -0.4 is 5.32 Å². The zero-order valence-corrected chi connectivity index (χ0v) is 11.9. The summed E-state index contributed by atoms with van der Waals surface area (Å²) in [6.45, 7) is 9.52. The third-order valence-corrected chi connectivity index (χ3v) is 5.27. The molecule has 1 N–H and O–H groups in total. The van der Waals surface area contributed by atoms with E-state index in [0.29, 0.717) is 12.5 Å². The summed E-state index contributed by atoms with van der Waals surface area (Å²) in [4.78, 5) is 16.4. The minimum absolute atomic E-state index is 0.0999. The molecule has 4 nitrogen and oxygen atoms in total. The zero-order valence-electron chi connectivity index (χ0n) is 11.9. The molecule has 1 amide bonds. The normalized spacial score (nSPS) is 34.9. The minimum Gasteiger partial charge on any atom is -0.320 e. The molecule has 2 saturated carbocycles. The van der Waals surface area contributed by atoms with Crippen LogP contribution in [0.5, 0.6) is 0 Å². The molecule has 4 heteroatoms. The first kappa shape index (κ1) is 13.4. The summed E-state index contributed by atoms with van der Waals surface area (Å²) in [7, 11) is 0. The SMILES string of the molecule is CCCNC(=O)ON=C1C[C@H]2CC[C@@]1(C)C2(C)C. The number of nitrogens with one attached hydrogen (secondary N) is 1. The largest absolute Gasteiger partial charge is 0.433 e. The highest BCUT2D eigenvalue weighted by Crippen LogP contribution is 2.63. The molecule has 0 unspecified atom stereocenters. The number of oxime groups is 1. The molecular formula is C14H24N2O2. The van der Waals surface area contributed by atoms with Crippen molar-refractivity contribution in [2.24, 2.45) is 21.9 Å². The monoisotopic (exact) mass is 252 g/mol. The summed E-state index contributed by atoms with van der Waals surface area (Å²) in [5, 5.41) is 6.80. The summed E-state index contributed by atoms with van der Waals surface area (Å²) in [5.41, 5.74) is 1.44. The third-order valence-electron chi connectivity index (χ3n) is 5.27. The van der Waals surface area contributed by atoms with Crippen LogP contribution >= 0.6 is 0 Å². The summed E-state index contributed by atoms with van der Waals surface area (Å²) in [6.07, 6.45) is 3.87. The molecule has 18 heavy (non-hydrogen) atoms. The highest BCUT2D eigenvalue weighted by Gasteiger charge is 2.60. The summed E-state index contributed by atoms with van der Waals surface area (Å²) in [5.74, 6) is 0.684. The lowest BCUT2D eigenvalue weighted by Crippen LogP contribution is -2.33. The number of fused-ring (bicyclic) bond motifs is 2. The van der Waals surface area contributed by atoms with Gasteiger partial charge >= 0.3 is 6.09 Å². The molecule has 0 heterocycles. The smallest absolute Gasteiger partial charge is 0.320 e. The van der Waals surface area contributed by atoms with Crippen molar-refractivity contribution in [3.05, 3.63) is 0 Å². The van der Waals surface area contributed by atoms with Gasteiger partial charge in [0, 0.05) is 12.0 Å². The highest BCUT2D eigenvalue weighted by molar-refractivity contribution is 5.94. The fourth-order valence-electron chi connectivity index (χ4n) is 3.42. The molecule has 102 valence electrons. The second-order valence-corrected chi connectivity index (χ2v) is 6.34. The third kappa shape index (κ3) is 1.91. The van der Waals surface area contributed by atoms with Crippen LogP contribution in [0, 0.1) is 16.7 Å². The zero-order chi connectivity index (χ0) is 13.4. The highest BCUT2D eigenvalue weighted by atomic mass is 16.7. The van der Waals surface area contributed by atoms with E-state index in [-0.39, 0.29) is 10.8 Å². The van der Waals surface area contributed by atoms with E-state index in [0.717, 1.165) is 25.0 Å². The van der Waals surface area contributed by atoms with E-state index in [1.54, 1.807) is 0 Å². The maximum absolute atomic E-state index is 11.4. The predicted molar refractivity (Wildman–Crippen MR) is 71.4 cm³/mol. The fraction of sp³-hybridized carbons (Fsp3) is 0.857. The van der Waals surface area contributed by atoms with Gasteiger partial charge in [-0.25, -0.2) is 4.79 Å². The Kier molecular flexibility index (Phi) is 3.39. The lowest BCUT2D eigenvalue weighted by molar-refractivity contribution is 0.146. The Morgan fingerprint density at radius 3 is 2.72 bits per heavy atom. The fourth-order valence-corrected chi connectivity index (χ4v) is 3.42. The Labute approximate surface area is 109 Å². The average Bonchev–Trinajstić information content (AvgIpc) is 2.66. The van der Waals surface area contributed by atoms with Crippen LogP contribution in [0.4, 0.5) is 4.79 Å². The first-order valence-corrected chi connectivity index (χ1v) is 6.94. The van der Waals surface area contributed by atoms with E-state index in [1.165, 1.54) is 6.42 Å². The number of carbonyl (C=O) groups excluding carboxylic acids is 1. The van der Waals surface area contributed by atoms with Crippen molar-refractivity contribution in [2.45, 2.75) is 53.4 Å². The van der Waals surface area contributed by atoms with Crippen LogP contribution in [-0.2, 0) is 4.84 Å². The summed E-state index contributed by atoms with van der Waals surface area (Å²) in [6, 6.07) is 0. The Bertz CT molecular complexity index is 376. The van der Waals surface area contributed by atoms with Crippen LogP contribution in [0.15, 0.2) is 5.16 Å². The molecule has 0 radical (unpaired) electrons. The average molecular weight is 252 g/mol. The van der Waals surface area contributed by atoms with E-state index < -0.39 is 6.09 Å². The summed E-state index contributed by atoms with van der Waals surface area (Å²) >= 11 is 0. The van der Waals surface area contributed by atoms with Crippen molar-refractivity contribution in [2.75, 3.05) is 6.54 Å². The molecule has 0 spiro atoms. The topological polar surface area (TPSA) is 50.7 Å². The van der Waals surface area contributed by atoms with Crippen molar-refractivity contribution in [1.29, 1.82) is 0 Å². The van der Waals surface area contributed by atoms with Crippen molar-refractivity contribution in [3.63, 3.8) is 0 Å². The van der Waals surface area contributed by atoms with Gasteiger partial charge in [0.05, 0.1) is 5.71 Å². The van der Waals surface area contributed by atoms with E-state index in [9.17, 15) is 4.79 Å². The maximum atomic E-state index is 11.4. The second kappa shape index (κ2) is 4.56. The molecule has 0 aromatic heterocycles. The van der Waals surface area contributed by atoms with Crippen LogP contribution in [0.25, 0.3) is 0 Å². The predicted octanol–water partition coefficient (Wildman–Crippen LogP) is 3.32. The van der Waals surface area contributed by atoms with Gasteiger partial charge in [-0.1, -0.05) is 32.9 Å². The molecule has 2 bridgehead atoms. The molecule has 0 aromatic rings. The standard InChI is InChI=1S/C14H24N2O2/c1-5-8-15-12(17)18-16-11-9-10-6-7-14(11,4)13(10,2)3/h10H,5-9H2,1-4H3,(H,15,17)/t10-,14-/m1/s1. The van der Waals surface area contributed by atoms with Crippen LogP contribution in [0.2, 0.25) is 0 Å². The van der Waals surface area contributed by atoms with Crippen molar-refractivity contribution in [1.82, 2.24) is 5.32 Å². The molecule has 2 aliphatic carbocycles. The lowest BCUT2D eigenvalue weighted by atomic mass is 9.70. The first-order valence-electron chi connectivity index (χ1n) is 6.94. The van der Waals surface area contributed by atoms with Crippen molar-refractivity contribution >= 4 is 11.8 Å². The quantitative estimate of drug-likeness (QED) is 0.618. The Balaban J connectivity index is 2.01. The van der Waals surface area contributed by atoms with Gasteiger partial charge in [-0.3, -0.25) is 4.84 Å². The second-order valence-electron chi connectivity index (χ2n) is 6.34. The van der Waals surface area contributed by atoms with E-state index in [4.69, 9.17) is 4.84 Å². The Hall–Kier alpha value is -1.06. The first-order chi connectivity index (χ1) is 8.41. The molecule has 0 aromatic carbocycles. The Morgan fingerprint density at radius 1 is 1.50 bits per heavy atom. The minimum atomic E-state index is -0.437. The molecule has 2 aliphatic rings. The van der Waals surface area contributed by atoms with Gasteiger partial charge in [0.2, 0.25) is 0 Å². The van der Waals surface area contributed by atoms with Crippen molar-refractivity contribution in [3.8, 4) is 0 Å². The molecule has 0 aliphatic heterocycles. The number of carbonyl (C=O) groups is 1. The molecule has 2 fully saturated rings. The van der Waals surface area contributed by atoms with Crippen LogP contribution in [0.3, 0.4) is 0 Å². The number of amides is 1. The van der Waals surface area contributed by atoms with Crippen LogP contribution in [0.1, 0.15) is 53.4 Å². The van der Waals surface area contributed by atoms with Gasteiger partial charge in [-0.15, -0.1) is 0 Å². The molecule has 2 rings (SSSR count). The number of hydrogen-bond acceptors (Lipinski definition) is 3. The number of nitrogens with zero attached hydrogens (tertiary/aromatic N) is 1. The van der Waals surface area contributed by atoms with Gasteiger partial charge in [0.25, 0.3) is 0 Å².